The van der Waals surface area contributed by atoms with E-state index >= 15 is 0 Å². The maximum absolute atomic E-state index is 6.24. The van der Waals surface area contributed by atoms with Crippen molar-refractivity contribution in [2.45, 2.75) is 64.5 Å². The van der Waals surface area contributed by atoms with Gasteiger partial charge in [-0.3, -0.25) is 4.90 Å². The Kier molecular flexibility index (Phi) is 5.27. The summed E-state index contributed by atoms with van der Waals surface area (Å²) in [6.07, 6.45) is 6.54. The molecule has 19 heavy (non-hydrogen) atoms. The molecule has 2 atom stereocenters. The maximum Gasteiger partial charge on any atom is 0.0358 e. The van der Waals surface area contributed by atoms with Gasteiger partial charge in [0, 0.05) is 18.1 Å². The van der Waals surface area contributed by atoms with Crippen molar-refractivity contribution >= 4 is 0 Å². The first kappa shape index (κ1) is 15.3. The third kappa shape index (κ3) is 3.14. The third-order valence-electron chi connectivity index (χ3n) is 5.69. The maximum atomic E-state index is 6.24. The number of piperidine rings is 2. The molecule has 2 fully saturated rings. The minimum atomic E-state index is 0.290. The van der Waals surface area contributed by atoms with E-state index in [9.17, 15) is 0 Å². The summed E-state index contributed by atoms with van der Waals surface area (Å²) in [4.78, 5) is 5.39. The Balaban J connectivity index is 2.02. The Labute approximate surface area is 119 Å². The van der Waals surface area contributed by atoms with Gasteiger partial charge < -0.3 is 10.6 Å². The number of hydrogen-bond donors (Lipinski definition) is 1. The van der Waals surface area contributed by atoms with Gasteiger partial charge in [0.2, 0.25) is 0 Å². The van der Waals surface area contributed by atoms with Crippen LogP contribution in [0.2, 0.25) is 0 Å². The highest BCUT2D eigenvalue weighted by atomic mass is 15.3. The molecule has 0 aromatic carbocycles. The molecule has 0 saturated carbocycles. The van der Waals surface area contributed by atoms with Gasteiger partial charge in [-0.05, 0) is 71.1 Å². The summed E-state index contributed by atoms with van der Waals surface area (Å²) in [5.74, 6) is 0.825. The Bertz CT molecular complexity index is 271. The molecule has 2 rings (SSSR count). The zero-order valence-electron chi connectivity index (χ0n) is 13.2. The Morgan fingerprint density at radius 2 is 1.84 bits per heavy atom. The first-order valence-corrected chi connectivity index (χ1v) is 8.32. The fourth-order valence-corrected chi connectivity index (χ4v) is 4.12. The SMILES string of the molecule is CCCN1CCC(CN)(N2CCCC(C)C2C)CC1. The van der Waals surface area contributed by atoms with Crippen molar-refractivity contribution in [3.63, 3.8) is 0 Å². The van der Waals surface area contributed by atoms with Gasteiger partial charge in [0.1, 0.15) is 0 Å². The molecule has 0 radical (unpaired) electrons. The normalized spacial score (nSPS) is 33.5. The molecule has 112 valence electrons. The van der Waals surface area contributed by atoms with Gasteiger partial charge in [0.05, 0.1) is 0 Å². The van der Waals surface area contributed by atoms with E-state index in [4.69, 9.17) is 5.73 Å². The number of hydrogen-bond acceptors (Lipinski definition) is 3. The van der Waals surface area contributed by atoms with Crippen LogP contribution in [0.3, 0.4) is 0 Å². The van der Waals surface area contributed by atoms with Gasteiger partial charge in [-0.2, -0.15) is 0 Å². The lowest BCUT2D eigenvalue weighted by Crippen LogP contribution is -2.64. The largest absolute Gasteiger partial charge is 0.329 e. The molecule has 2 aliphatic heterocycles. The summed E-state index contributed by atoms with van der Waals surface area (Å²) in [5, 5.41) is 0. The van der Waals surface area contributed by atoms with E-state index in [0.717, 1.165) is 12.5 Å². The van der Waals surface area contributed by atoms with Gasteiger partial charge in [-0.25, -0.2) is 0 Å². The minimum Gasteiger partial charge on any atom is -0.329 e. The van der Waals surface area contributed by atoms with Gasteiger partial charge in [-0.15, -0.1) is 0 Å². The van der Waals surface area contributed by atoms with E-state index < -0.39 is 0 Å². The molecule has 0 aromatic heterocycles. The number of nitrogens with zero attached hydrogens (tertiary/aromatic N) is 2. The standard InChI is InChI=1S/C16H33N3/c1-4-9-18-11-7-16(13-17,8-12-18)19-10-5-6-14(2)15(19)3/h14-15H,4-13,17H2,1-3H3. The molecule has 0 aromatic rings. The number of rotatable bonds is 4. The van der Waals surface area contributed by atoms with Crippen LogP contribution in [0.1, 0.15) is 52.9 Å². The molecule has 0 aliphatic carbocycles. The first-order chi connectivity index (χ1) is 9.13. The first-order valence-electron chi connectivity index (χ1n) is 8.32. The molecule has 2 aliphatic rings. The van der Waals surface area contributed by atoms with Crippen molar-refractivity contribution < 1.29 is 0 Å². The van der Waals surface area contributed by atoms with E-state index in [1.54, 1.807) is 0 Å². The molecule has 0 bridgehead atoms. The summed E-state index contributed by atoms with van der Waals surface area (Å²) in [6.45, 7) is 12.9. The number of nitrogens with two attached hydrogens (primary N) is 1. The molecule has 0 spiro atoms. The predicted molar refractivity (Wildman–Crippen MR) is 82.3 cm³/mol. The van der Waals surface area contributed by atoms with Crippen molar-refractivity contribution in [2.24, 2.45) is 11.7 Å². The Hall–Kier alpha value is -0.120. The second kappa shape index (κ2) is 6.55. The zero-order chi connectivity index (χ0) is 13.9. The predicted octanol–water partition coefficient (Wildman–Crippen LogP) is 2.31. The molecule has 2 N–H and O–H groups in total. The molecule has 2 heterocycles. The highest BCUT2D eigenvalue weighted by Gasteiger charge is 2.42. The fraction of sp³-hybridized carbons (Fsp3) is 1.00. The van der Waals surface area contributed by atoms with Crippen LogP contribution in [0.5, 0.6) is 0 Å². The summed E-state index contributed by atoms with van der Waals surface area (Å²) in [7, 11) is 0. The van der Waals surface area contributed by atoms with E-state index in [1.807, 2.05) is 0 Å². The minimum absolute atomic E-state index is 0.290. The van der Waals surface area contributed by atoms with E-state index in [1.165, 1.54) is 58.3 Å². The van der Waals surface area contributed by atoms with Crippen LogP contribution in [-0.4, -0.2) is 54.1 Å². The molecule has 2 unspecified atom stereocenters. The molecular formula is C16H33N3. The van der Waals surface area contributed by atoms with Gasteiger partial charge >= 0.3 is 0 Å². The van der Waals surface area contributed by atoms with Crippen LogP contribution in [0.15, 0.2) is 0 Å². The number of likely N-dealkylation sites (tertiary alicyclic amines) is 2. The zero-order valence-corrected chi connectivity index (χ0v) is 13.2. The average Bonchev–Trinajstić information content (AvgIpc) is 2.44. The fourth-order valence-electron chi connectivity index (χ4n) is 4.12. The lowest BCUT2D eigenvalue weighted by Gasteiger charge is -2.54. The van der Waals surface area contributed by atoms with Crippen molar-refractivity contribution in [3.05, 3.63) is 0 Å². The van der Waals surface area contributed by atoms with Crippen LogP contribution >= 0.6 is 0 Å². The molecular weight excluding hydrogens is 234 g/mol. The lowest BCUT2D eigenvalue weighted by molar-refractivity contribution is -0.0323. The lowest BCUT2D eigenvalue weighted by atomic mass is 9.80. The second-order valence-electron chi connectivity index (χ2n) is 6.82. The monoisotopic (exact) mass is 267 g/mol. The van der Waals surface area contributed by atoms with Crippen molar-refractivity contribution in [1.82, 2.24) is 9.80 Å². The Morgan fingerprint density at radius 3 is 2.42 bits per heavy atom. The molecule has 3 heteroatoms. The highest BCUT2D eigenvalue weighted by molar-refractivity contribution is 5.00. The van der Waals surface area contributed by atoms with E-state index in [2.05, 4.69) is 30.6 Å². The van der Waals surface area contributed by atoms with Crippen molar-refractivity contribution in [1.29, 1.82) is 0 Å². The van der Waals surface area contributed by atoms with E-state index in [0.29, 0.717) is 11.6 Å². The second-order valence-corrected chi connectivity index (χ2v) is 6.82. The molecule has 2 saturated heterocycles. The van der Waals surface area contributed by atoms with Crippen molar-refractivity contribution in [3.8, 4) is 0 Å². The van der Waals surface area contributed by atoms with Gasteiger partial charge in [0.25, 0.3) is 0 Å². The van der Waals surface area contributed by atoms with Crippen LogP contribution in [0.4, 0.5) is 0 Å². The van der Waals surface area contributed by atoms with Gasteiger partial charge in [-0.1, -0.05) is 13.8 Å². The molecule has 3 nitrogen and oxygen atoms in total. The summed E-state index contributed by atoms with van der Waals surface area (Å²) in [5.41, 5.74) is 6.53. The summed E-state index contributed by atoms with van der Waals surface area (Å²) >= 11 is 0. The molecule has 0 amide bonds. The summed E-state index contributed by atoms with van der Waals surface area (Å²) < 4.78 is 0. The smallest absolute Gasteiger partial charge is 0.0358 e. The quantitative estimate of drug-likeness (QED) is 0.848. The van der Waals surface area contributed by atoms with Crippen molar-refractivity contribution in [2.75, 3.05) is 32.7 Å². The van der Waals surface area contributed by atoms with E-state index in [-0.39, 0.29) is 0 Å². The topological polar surface area (TPSA) is 32.5 Å². The van der Waals surface area contributed by atoms with Crippen LogP contribution in [0.25, 0.3) is 0 Å². The average molecular weight is 267 g/mol. The van der Waals surface area contributed by atoms with Crippen LogP contribution in [0, 0.1) is 5.92 Å². The van der Waals surface area contributed by atoms with Gasteiger partial charge in [0.15, 0.2) is 0 Å². The van der Waals surface area contributed by atoms with Crippen LogP contribution < -0.4 is 5.73 Å². The van der Waals surface area contributed by atoms with Crippen LogP contribution in [-0.2, 0) is 0 Å². The third-order valence-corrected chi connectivity index (χ3v) is 5.69. The highest BCUT2D eigenvalue weighted by Crippen LogP contribution is 2.35. The Morgan fingerprint density at radius 1 is 1.16 bits per heavy atom. The summed E-state index contributed by atoms with van der Waals surface area (Å²) in [6, 6.07) is 0.704.